The fourth-order valence-corrected chi connectivity index (χ4v) is 1.69. The minimum atomic E-state index is -0.450. The zero-order chi connectivity index (χ0) is 12.8. The highest BCUT2D eigenvalue weighted by Gasteiger charge is 2.07. The highest BCUT2D eigenvalue weighted by atomic mass is 35.5. The average molecular weight is 270 g/mol. The third-order valence-electron chi connectivity index (χ3n) is 2.32. The summed E-state index contributed by atoms with van der Waals surface area (Å²) < 4.78 is 23.8. The molecule has 0 atom stereocenters. The van der Waals surface area contributed by atoms with Crippen LogP contribution in [-0.2, 0) is 6.54 Å². The molecular weight excluding hydrogens is 257 g/mol. The van der Waals surface area contributed by atoms with E-state index in [4.69, 9.17) is 20.8 Å². The first kappa shape index (κ1) is 12.9. The minimum Gasteiger partial charge on any atom is -0.488 e. The second-order valence-corrected chi connectivity index (χ2v) is 4.06. The van der Waals surface area contributed by atoms with Gasteiger partial charge in [-0.1, -0.05) is 17.7 Å². The van der Waals surface area contributed by atoms with E-state index in [1.54, 1.807) is 18.4 Å². The molecule has 0 aliphatic carbocycles. The predicted octanol–water partition coefficient (Wildman–Crippen LogP) is 3.24. The Morgan fingerprint density at radius 2 is 2.17 bits per heavy atom. The van der Waals surface area contributed by atoms with Gasteiger partial charge in [0.15, 0.2) is 11.6 Å². The fourth-order valence-electron chi connectivity index (χ4n) is 1.47. The molecule has 0 aliphatic heterocycles. The molecule has 1 heterocycles. The van der Waals surface area contributed by atoms with Crippen LogP contribution in [-0.4, -0.2) is 13.2 Å². The Balaban J connectivity index is 1.72. The van der Waals surface area contributed by atoms with E-state index >= 15 is 0 Å². The van der Waals surface area contributed by atoms with Crippen LogP contribution in [0.25, 0.3) is 0 Å². The molecule has 3 nitrogen and oxygen atoms in total. The first-order valence-corrected chi connectivity index (χ1v) is 5.95. The van der Waals surface area contributed by atoms with Gasteiger partial charge in [0, 0.05) is 6.54 Å². The molecule has 5 heteroatoms. The van der Waals surface area contributed by atoms with E-state index in [9.17, 15) is 4.39 Å². The second-order valence-electron chi connectivity index (χ2n) is 3.66. The second kappa shape index (κ2) is 6.42. The van der Waals surface area contributed by atoms with E-state index in [2.05, 4.69) is 5.32 Å². The van der Waals surface area contributed by atoms with Crippen molar-refractivity contribution in [3.05, 3.63) is 53.2 Å². The largest absolute Gasteiger partial charge is 0.488 e. The number of rotatable bonds is 6. The molecule has 0 amide bonds. The molecule has 1 N–H and O–H groups in total. The lowest BCUT2D eigenvalue weighted by molar-refractivity contribution is 0.296. The number of hydrogen-bond acceptors (Lipinski definition) is 3. The molecule has 96 valence electrons. The molecule has 0 spiro atoms. The Morgan fingerprint density at radius 1 is 1.28 bits per heavy atom. The molecule has 18 heavy (non-hydrogen) atoms. The maximum atomic E-state index is 13.3. The average Bonchev–Trinajstić information content (AvgIpc) is 2.85. The number of halogens is 2. The Morgan fingerprint density at radius 3 is 2.89 bits per heavy atom. The van der Waals surface area contributed by atoms with E-state index in [0.717, 1.165) is 5.76 Å². The van der Waals surface area contributed by atoms with Gasteiger partial charge in [0.2, 0.25) is 0 Å². The number of hydrogen-bond donors (Lipinski definition) is 1. The summed E-state index contributed by atoms with van der Waals surface area (Å²) in [6.45, 7) is 1.52. The van der Waals surface area contributed by atoms with Crippen molar-refractivity contribution in [2.75, 3.05) is 13.2 Å². The molecule has 0 aliphatic rings. The minimum absolute atomic E-state index is 0.0963. The maximum Gasteiger partial charge on any atom is 0.173 e. The standard InChI is InChI=1S/C13H13ClFNO2/c14-11-4-1-5-12(15)13(11)18-8-6-16-9-10-3-2-7-17-10/h1-5,7,16H,6,8-9H2. The molecule has 0 radical (unpaired) electrons. The van der Waals surface area contributed by atoms with Crippen molar-refractivity contribution in [1.82, 2.24) is 5.32 Å². The summed E-state index contributed by atoms with van der Waals surface area (Å²) in [4.78, 5) is 0. The predicted molar refractivity (Wildman–Crippen MR) is 67.3 cm³/mol. The summed E-state index contributed by atoms with van der Waals surface area (Å²) in [6, 6.07) is 8.15. The van der Waals surface area contributed by atoms with E-state index in [1.807, 2.05) is 12.1 Å². The highest BCUT2D eigenvalue weighted by molar-refractivity contribution is 6.32. The van der Waals surface area contributed by atoms with Crippen LogP contribution in [0.1, 0.15) is 5.76 Å². The van der Waals surface area contributed by atoms with Crippen LogP contribution >= 0.6 is 11.6 Å². The Labute approximate surface area is 110 Å². The summed E-state index contributed by atoms with van der Waals surface area (Å²) in [5.41, 5.74) is 0. The van der Waals surface area contributed by atoms with Crippen molar-refractivity contribution in [1.29, 1.82) is 0 Å². The summed E-state index contributed by atoms with van der Waals surface area (Å²) in [6.07, 6.45) is 1.62. The Bertz CT molecular complexity index is 467. The van der Waals surface area contributed by atoms with Gasteiger partial charge in [-0.15, -0.1) is 0 Å². The summed E-state index contributed by atoms with van der Waals surface area (Å²) in [7, 11) is 0. The molecule has 1 aromatic carbocycles. The number of benzene rings is 1. The lowest BCUT2D eigenvalue weighted by Crippen LogP contribution is -2.20. The molecular formula is C13H13ClFNO2. The molecule has 2 aromatic rings. The van der Waals surface area contributed by atoms with Crippen molar-refractivity contribution >= 4 is 11.6 Å². The Kier molecular flexibility index (Phi) is 4.61. The summed E-state index contributed by atoms with van der Waals surface area (Å²) in [5, 5.41) is 3.39. The van der Waals surface area contributed by atoms with Gasteiger partial charge in [0.25, 0.3) is 0 Å². The van der Waals surface area contributed by atoms with Gasteiger partial charge in [0.05, 0.1) is 17.8 Å². The monoisotopic (exact) mass is 269 g/mol. The fraction of sp³-hybridized carbons (Fsp3) is 0.231. The van der Waals surface area contributed by atoms with Crippen molar-refractivity contribution in [3.63, 3.8) is 0 Å². The molecule has 0 saturated carbocycles. The van der Waals surface area contributed by atoms with Gasteiger partial charge in [-0.25, -0.2) is 4.39 Å². The van der Waals surface area contributed by atoms with Crippen molar-refractivity contribution in [3.8, 4) is 5.75 Å². The molecule has 0 bridgehead atoms. The topological polar surface area (TPSA) is 34.4 Å². The van der Waals surface area contributed by atoms with Crippen LogP contribution in [0.5, 0.6) is 5.75 Å². The van der Waals surface area contributed by atoms with Crippen LogP contribution in [0.15, 0.2) is 41.0 Å². The molecule has 0 unspecified atom stereocenters. The first-order valence-electron chi connectivity index (χ1n) is 5.57. The van der Waals surface area contributed by atoms with E-state index in [1.165, 1.54) is 6.07 Å². The van der Waals surface area contributed by atoms with Crippen molar-refractivity contribution < 1.29 is 13.5 Å². The lowest BCUT2D eigenvalue weighted by atomic mass is 10.3. The zero-order valence-corrected chi connectivity index (χ0v) is 10.4. The quantitative estimate of drug-likeness (QED) is 0.818. The third kappa shape index (κ3) is 3.48. The van der Waals surface area contributed by atoms with Crippen LogP contribution in [0.3, 0.4) is 0 Å². The molecule has 0 saturated heterocycles. The maximum absolute atomic E-state index is 13.3. The van der Waals surface area contributed by atoms with E-state index in [-0.39, 0.29) is 10.8 Å². The van der Waals surface area contributed by atoms with E-state index in [0.29, 0.717) is 19.7 Å². The number of furan rings is 1. The number of para-hydroxylation sites is 1. The van der Waals surface area contributed by atoms with Gasteiger partial charge in [0.1, 0.15) is 12.4 Å². The smallest absolute Gasteiger partial charge is 0.173 e. The van der Waals surface area contributed by atoms with Crippen LogP contribution < -0.4 is 10.1 Å². The molecule has 0 fully saturated rings. The van der Waals surface area contributed by atoms with Crippen LogP contribution in [0.2, 0.25) is 5.02 Å². The molecule has 1 aromatic heterocycles. The lowest BCUT2D eigenvalue weighted by Gasteiger charge is -2.09. The van der Waals surface area contributed by atoms with Crippen molar-refractivity contribution in [2.45, 2.75) is 6.54 Å². The number of nitrogens with one attached hydrogen (secondary N) is 1. The molecule has 2 rings (SSSR count). The highest BCUT2D eigenvalue weighted by Crippen LogP contribution is 2.26. The van der Waals surface area contributed by atoms with Gasteiger partial charge in [-0.3, -0.25) is 0 Å². The summed E-state index contributed by atoms with van der Waals surface area (Å²) in [5.74, 6) is 0.492. The van der Waals surface area contributed by atoms with Crippen LogP contribution in [0.4, 0.5) is 4.39 Å². The number of ether oxygens (including phenoxy) is 1. The zero-order valence-electron chi connectivity index (χ0n) is 9.66. The van der Waals surface area contributed by atoms with Gasteiger partial charge in [-0.2, -0.15) is 0 Å². The van der Waals surface area contributed by atoms with Crippen LogP contribution in [0, 0.1) is 5.82 Å². The summed E-state index contributed by atoms with van der Waals surface area (Å²) >= 11 is 5.82. The van der Waals surface area contributed by atoms with Gasteiger partial charge >= 0.3 is 0 Å². The van der Waals surface area contributed by atoms with Gasteiger partial charge in [-0.05, 0) is 24.3 Å². The van der Waals surface area contributed by atoms with Crippen molar-refractivity contribution in [2.24, 2.45) is 0 Å². The van der Waals surface area contributed by atoms with E-state index < -0.39 is 5.82 Å². The normalized spacial score (nSPS) is 10.6. The Hall–Kier alpha value is -1.52. The third-order valence-corrected chi connectivity index (χ3v) is 2.62. The van der Waals surface area contributed by atoms with Gasteiger partial charge < -0.3 is 14.5 Å². The first-order chi connectivity index (χ1) is 8.77. The SMILES string of the molecule is Fc1cccc(Cl)c1OCCNCc1ccco1.